The molecule has 1 aliphatic rings. The van der Waals surface area contributed by atoms with Gasteiger partial charge in [-0.3, -0.25) is 0 Å². The van der Waals surface area contributed by atoms with Gasteiger partial charge in [0.15, 0.2) is 0 Å². The van der Waals surface area contributed by atoms with Crippen LogP contribution < -0.4 is 4.90 Å². The van der Waals surface area contributed by atoms with Gasteiger partial charge in [0.2, 0.25) is 0 Å². The number of halogens is 2. The average molecular weight is 339 g/mol. The quantitative estimate of drug-likeness (QED) is 0.790. The Morgan fingerprint density at radius 3 is 2.55 bits per heavy atom. The highest BCUT2D eigenvalue weighted by atomic mass is 35.5. The lowest BCUT2D eigenvalue weighted by Crippen LogP contribution is -2.25. The van der Waals surface area contributed by atoms with Crippen LogP contribution in [0.1, 0.15) is 6.42 Å². The molecule has 2 aromatic rings. The third-order valence-electron chi connectivity index (χ3n) is 3.57. The summed E-state index contributed by atoms with van der Waals surface area (Å²) >= 11 is 1.72. The Labute approximate surface area is 141 Å². The van der Waals surface area contributed by atoms with Gasteiger partial charge in [-0.05, 0) is 57.4 Å². The van der Waals surface area contributed by atoms with E-state index in [1.54, 1.807) is 17.8 Å². The van der Waals surface area contributed by atoms with Crippen LogP contribution in [0.2, 0.25) is 0 Å². The maximum Gasteiger partial charge on any atom is 0.125 e. The van der Waals surface area contributed by atoms with E-state index < -0.39 is 0 Å². The summed E-state index contributed by atoms with van der Waals surface area (Å²) in [6.45, 7) is 1.92. The van der Waals surface area contributed by atoms with Crippen LogP contribution in [0.5, 0.6) is 0 Å². The fraction of sp³-hybridized carbons (Fsp3) is 0.294. The monoisotopic (exact) mass is 338 g/mol. The van der Waals surface area contributed by atoms with Crippen LogP contribution in [-0.2, 0) is 0 Å². The summed E-state index contributed by atoms with van der Waals surface area (Å²) in [5, 5.41) is 0. The Morgan fingerprint density at radius 2 is 1.77 bits per heavy atom. The smallest absolute Gasteiger partial charge is 0.125 e. The van der Waals surface area contributed by atoms with E-state index in [0.717, 1.165) is 30.1 Å². The van der Waals surface area contributed by atoms with E-state index in [0.29, 0.717) is 0 Å². The van der Waals surface area contributed by atoms with Gasteiger partial charge in [0.25, 0.3) is 0 Å². The maximum atomic E-state index is 13.7. The summed E-state index contributed by atoms with van der Waals surface area (Å²) in [5.41, 5.74) is 2.16. The second-order valence-electron chi connectivity index (χ2n) is 5.49. The number of nitrogens with zero attached hydrogens (tertiary/aromatic N) is 2. The minimum Gasteiger partial charge on any atom is -0.340 e. The molecule has 2 aromatic carbocycles. The number of hydrogen-bond donors (Lipinski definition) is 0. The van der Waals surface area contributed by atoms with Crippen LogP contribution in [0.15, 0.2) is 52.3 Å². The van der Waals surface area contributed by atoms with Gasteiger partial charge in [0, 0.05) is 16.3 Å². The first-order valence-electron chi connectivity index (χ1n) is 7.14. The fourth-order valence-corrected chi connectivity index (χ4v) is 3.66. The molecule has 0 saturated carbocycles. The van der Waals surface area contributed by atoms with Crippen LogP contribution in [0, 0.1) is 5.82 Å². The molecule has 0 aliphatic carbocycles. The molecule has 0 N–H and O–H groups in total. The molecule has 0 spiro atoms. The molecule has 0 bridgehead atoms. The molecule has 3 rings (SSSR count). The van der Waals surface area contributed by atoms with E-state index in [9.17, 15) is 4.39 Å². The van der Waals surface area contributed by atoms with E-state index in [2.05, 4.69) is 42.1 Å². The van der Waals surface area contributed by atoms with Crippen molar-refractivity contribution in [3.05, 3.63) is 48.3 Å². The molecular weight excluding hydrogens is 319 g/mol. The molecule has 118 valence electrons. The molecule has 22 heavy (non-hydrogen) atoms. The first kappa shape index (κ1) is 17.1. The van der Waals surface area contributed by atoms with Gasteiger partial charge in [-0.25, -0.2) is 4.39 Å². The van der Waals surface area contributed by atoms with Crippen molar-refractivity contribution in [2.45, 2.75) is 16.2 Å². The topological polar surface area (TPSA) is 6.48 Å². The summed E-state index contributed by atoms with van der Waals surface area (Å²) in [4.78, 5) is 6.78. The second kappa shape index (κ2) is 7.36. The molecule has 1 aliphatic heterocycles. The lowest BCUT2D eigenvalue weighted by molar-refractivity contribution is 0.402. The van der Waals surface area contributed by atoms with E-state index in [1.165, 1.54) is 16.6 Å². The second-order valence-corrected chi connectivity index (χ2v) is 6.57. The van der Waals surface area contributed by atoms with E-state index in [-0.39, 0.29) is 18.2 Å². The summed E-state index contributed by atoms with van der Waals surface area (Å²) in [6, 6.07) is 13.4. The highest BCUT2D eigenvalue weighted by Crippen LogP contribution is 2.48. The largest absolute Gasteiger partial charge is 0.340 e. The Morgan fingerprint density at radius 1 is 1.05 bits per heavy atom. The fourth-order valence-electron chi connectivity index (χ4n) is 2.59. The third kappa shape index (κ3) is 3.57. The summed E-state index contributed by atoms with van der Waals surface area (Å²) < 4.78 is 13.7. The van der Waals surface area contributed by atoms with Gasteiger partial charge in [-0.1, -0.05) is 23.9 Å². The molecule has 0 aromatic heterocycles. The van der Waals surface area contributed by atoms with Gasteiger partial charge in [0.1, 0.15) is 5.82 Å². The summed E-state index contributed by atoms with van der Waals surface area (Å²) in [6.07, 6.45) is 1.04. The lowest BCUT2D eigenvalue weighted by atomic mass is 10.2. The van der Waals surface area contributed by atoms with Crippen molar-refractivity contribution < 1.29 is 4.39 Å². The minimum absolute atomic E-state index is 0. The number of anilines is 2. The van der Waals surface area contributed by atoms with Crippen LogP contribution in [0.25, 0.3) is 0 Å². The van der Waals surface area contributed by atoms with Crippen molar-refractivity contribution >= 4 is 35.5 Å². The molecule has 0 saturated heterocycles. The number of rotatable bonds is 4. The van der Waals surface area contributed by atoms with Gasteiger partial charge in [-0.2, -0.15) is 0 Å². The highest BCUT2D eigenvalue weighted by molar-refractivity contribution is 7.99. The van der Waals surface area contributed by atoms with Crippen LogP contribution in [0.4, 0.5) is 15.8 Å². The molecule has 1 heterocycles. The summed E-state index contributed by atoms with van der Waals surface area (Å²) in [7, 11) is 4.15. The van der Waals surface area contributed by atoms with Crippen LogP contribution in [-0.4, -0.2) is 32.1 Å². The molecule has 0 radical (unpaired) electrons. The summed E-state index contributed by atoms with van der Waals surface area (Å²) in [5.74, 6) is -0.175. The number of para-hydroxylation sites is 1. The first-order chi connectivity index (χ1) is 10.1. The molecule has 5 heteroatoms. The van der Waals surface area contributed by atoms with Crippen LogP contribution >= 0.6 is 24.2 Å². The SMILES string of the molecule is CN(C)CCCN1c2ccccc2Sc2ccc(F)cc21.Cl. The van der Waals surface area contributed by atoms with Gasteiger partial charge >= 0.3 is 0 Å². The molecule has 0 unspecified atom stereocenters. The maximum absolute atomic E-state index is 13.7. The third-order valence-corrected chi connectivity index (χ3v) is 4.71. The molecule has 0 atom stereocenters. The lowest BCUT2D eigenvalue weighted by Gasteiger charge is -2.33. The van der Waals surface area contributed by atoms with Gasteiger partial charge in [-0.15, -0.1) is 12.4 Å². The van der Waals surface area contributed by atoms with E-state index in [4.69, 9.17) is 0 Å². The van der Waals surface area contributed by atoms with E-state index >= 15 is 0 Å². The Kier molecular flexibility index (Phi) is 5.73. The standard InChI is InChI=1S/C17H19FN2S.ClH/c1-19(2)10-5-11-20-14-6-3-4-7-16(14)21-17-9-8-13(18)12-15(17)20;/h3-4,6-9,12H,5,10-11H2,1-2H3;1H. The predicted octanol–water partition coefficient (Wildman–Crippen LogP) is 4.80. The van der Waals surface area contributed by atoms with E-state index in [1.807, 2.05) is 12.1 Å². The number of benzene rings is 2. The van der Waals surface area contributed by atoms with Gasteiger partial charge < -0.3 is 9.80 Å². The Balaban J connectivity index is 0.00000176. The Hall–Kier alpha value is -1.23. The van der Waals surface area contributed by atoms with Crippen molar-refractivity contribution in [3.63, 3.8) is 0 Å². The van der Waals surface area contributed by atoms with Gasteiger partial charge in [0.05, 0.1) is 11.4 Å². The first-order valence-corrected chi connectivity index (χ1v) is 7.95. The molecule has 0 amide bonds. The molecule has 0 fully saturated rings. The normalized spacial score (nSPS) is 12.6. The van der Waals surface area contributed by atoms with Crippen molar-refractivity contribution in [1.29, 1.82) is 0 Å². The van der Waals surface area contributed by atoms with Crippen molar-refractivity contribution in [3.8, 4) is 0 Å². The average Bonchev–Trinajstić information content (AvgIpc) is 2.46. The van der Waals surface area contributed by atoms with Crippen molar-refractivity contribution in [2.75, 3.05) is 32.1 Å². The molecule has 2 nitrogen and oxygen atoms in total. The zero-order valence-electron chi connectivity index (χ0n) is 12.8. The predicted molar refractivity (Wildman–Crippen MR) is 94.4 cm³/mol. The molecular formula is C17H20ClFN2S. The Bertz CT molecular complexity index is 648. The number of fused-ring (bicyclic) bond motifs is 2. The highest BCUT2D eigenvalue weighted by Gasteiger charge is 2.23. The zero-order valence-corrected chi connectivity index (χ0v) is 14.4. The van der Waals surface area contributed by atoms with Crippen LogP contribution in [0.3, 0.4) is 0 Å². The van der Waals surface area contributed by atoms with Crippen molar-refractivity contribution in [1.82, 2.24) is 4.90 Å². The zero-order chi connectivity index (χ0) is 14.8. The number of hydrogen-bond acceptors (Lipinski definition) is 3. The minimum atomic E-state index is -0.175. The van der Waals surface area contributed by atoms with Crippen molar-refractivity contribution in [2.24, 2.45) is 0 Å².